The summed E-state index contributed by atoms with van der Waals surface area (Å²) in [6.45, 7) is 0. The van der Waals surface area contributed by atoms with Crippen molar-refractivity contribution < 1.29 is 10.2 Å². The Kier molecular flexibility index (Phi) is 2.74. The van der Waals surface area contributed by atoms with Gasteiger partial charge in [-0.3, -0.25) is 0 Å². The van der Waals surface area contributed by atoms with E-state index in [4.69, 9.17) is 0 Å². The molecule has 14 heavy (non-hydrogen) atoms. The second-order valence-corrected chi connectivity index (χ2v) is 5.44. The van der Waals surface area contributed by atoms with E-state index in [2.05, 4.69) is 45.2 Å². The average Bonchev–Trinajstić information content (AvgIpc) is 1.99. The van der Waals surface area contributed by atoms with Crippen LogP contribution < -0.4 is 0 Å². The first-order chi connectivity index (χ1) is 6.58. The molecule has 0 bridgehead atoms. The summed E-state index contributed by atoms with van der Waals surface area (Å²) in [6.07, 6.45) is 0. The van der Waals surface area contributed by atoms with Crippen LogP contribution in [-0.2, 0) is 0 Å². The first kappa shape index (κ1) is 10.3. The highest BCUT2D eigenvalue weighted by Gasteiger charge is 2.07. The molecule has 0 amide bonds. The SMILES string of the molecule is Oc1cc(I)cc2cc(I)cc(O)c12. The van der Waals surface area contributed by atoms with Crippen molar-refractivity contribution in [2.45, 2.75) is 0 Å². The minimum absolute atomic E-state index is 0.126. The lowest BCUT2D eigenvalue weighted by Crippen LogP contribution is -1.80. The van der Waals surface area contributed by atoms with Crippen molar-refractivity contribution in [2.24, 2.45) is 0 Å². The number of aromatic hydroxyl groups is 2. The number of hydrogen-bond donors (Lipinski definition) is 2. The van der Waals surface area contributed by atoms with Crippen LogP contribution in [0.15, 0.2) is 24.3 Å². The first-order valence-corrected chi connectivity index (χ1v) is 6.04. The van der Waals surface area contributed by atoms with Gasteiger partial charge < -0.3 is 10.2 Å². The maximum atomic E-state index is 9.66. The Labute approximate surface area is 108 Å². The van der Waals surface area contributed by atoms with Gasteiger partial charge >= 0.3 is 0 Å². The number of benzene rings is 2. The zero-order chi connectivity index (χ0) is 10.3. The molecule has 4 heteroatoms. The van der Waals surface area contributed by atoms with Crippen LogP contribution in [0.1, 0.15) is 0 Å². The molecule has 2 N–H and O–H groups in total. The lowest BCUT2D eigenvalue weighted by atomic mass is 10.1. The molecule has 0 aliphatic rings. The van der Waals surface area contributed by atoms with Crippen molar-refractivity contribution in [2.75, 3.05) is 0 Å². The van der Waals surface area contributed by atoms with E-state index in [1.807, 2.05) is 12.1 Å². The molecule has 2 aromatic rings. The van der Waals surface area contributed by atoms with Gasteiger partial charge in [0.2, 0.25) is 0 Å². The van der Waals surface area contributed by atoms with Crippen LogP contribution in [0, 0.1) is 7.14 Å². The van der Waals surface area contributed by atoms with Gasteiger partial charge in [-0.05, 0) is 74.8 Å². The summed E-state index contributed by atoms with van der Waals surface area (Å²) < 4.78 is 1.91. The minimum atomic E-state index is 0.126. The highest BCUT2D eigenvalue weighted by atomic mass is 127. The Hall–Kier alpha value is -0.240. The Bertz CT molecular complexity index is 466. The van der Waals surface area contributed by atoms with Crippen molar-refractivity contribution >= 4 is 56.0 Å². The second kappa shape index (κ2) is 3.73. The maximum Gasteiger partial charge on any atom is 0.128 e. The fraction of sp³-hybridized carbons (Fsp3) is 0. The van der Waals surface area contributed by atoms with Crippen molar-refractivity contribution in [3.05, 3.63) is 31.4 Å². The molecule has 2 nitrogen and oxygen atoms in total. The molecule has 0 radical (unpaired) electrons. The van der Waals surface area contributed by atoms with Crippen LogP contribution >= 0.6 is 45.2 Å². The summed E-state index contributed by atoms with van der Waals surface area (Å²) in [7, 11) is 0. The molecule has 0 aromatic heterocycles. The number of rotatable bonds is 0. The third-order valence-electron chi connectivity index (χ3n) is 1.94. The molecule has 0 aliphatic carbocycles. The van der Waals surface area contributed by atoms with Gasteiger partial charge in [0, 0.05) is 7.14 Å². The highest BCUT2D eigenvalue weighted by molar-refractivity contribution is 14.1. The van der Waals surface area contributed by atoms with E-state index >= 15 is 0 Å². The van der Waals surface area contributed by atoms with Gasteiger partial charge in [0.15, 0.2) is 0 Å². The lowest BCUT2D eigenvalue weighted by molar-refractivity contribution is 0.463. The number of phenolic OH excluding ortho intramolecular Hbond substituents is 2. The zero-order valence-electron chi connectivity index (χ0n) is 6.96. The fourth-order valence-corrected chi connectivity index (χ4v) is 2.66. The molecule has 0 saturated carbocycles. The van der Waals surface area contributed by atoms with Crippen LogP contribution in [0.3, 0.4) is 0 Å². The standard InChI is InChI=1S/C10H6I2O2/c11-6-1-5-2-7(12)4-9(14)10(5)8(13)3-6/h1-4,13-14H. The van der Waals surface area contributed by atoms with Gasteiger partial charge in [-0.2, -0.15) is 0 Å². The molecule has 0 unspecified atom stereocenters. The van der Waals surface area contributed by atoms with Gasteiger partial charge in [-0.25, -0.2) is 0 Å². The van der Waals surface area contributed by atoms with Crippen LogP contribution in [0.4, 0.5) is 0 Å². The van der Waals surface area contributed by atoms with Gasteiger partial charge in [-0.1, -0.05) is 0 Å². The van der Waals surface area contributed by atoms with Crippen molar-refractivity contribution in [3.8, 4) is 11.5 Å². The molecular weight excluding hydrogens is 406 g/mol. The number of hydrogen-bond acceptors (Lipinski definition) is 2. The molecule has 72 valence electrons. The van der Waals surface area contributed by atoms with E-state index in [1.165, 1.54) is 0 Å². The van der Waals surface area contributed by atoms with Gasteiger partial charge in [0.25, 0.3) is 0 Å². The Morgan fingerprint density at radius 2 is 1.21 bits per heavy atom. The van der Waals surface area contributed by atoms with E-state index in [1.54, 1.807) is 12.1 Å². The Morgan fingerprint density at radius 3 is 1.64 bits per heavy atom. The largest absolute Gasteiger partial charge is 0.507 e. The molecule has 0 aliphatic heterocycles. The third-order valence-corrected chi connectivity index (χ3v) is 3.18. The highest BCUT2D eigenvalue weighted by Crippen LogP contribution is 2.35. The molecule has 0 heterocycles. The summed E-state index contributed by atoms with van der Waals surface area (Å²) in [5, 5.41) is 20.7. The van der Waals surface area contributed by atoms with E-state index in [0.29, 0.717) is 5.39 Å². The molecule has 2 rings (SSSR count). The van der Waals surface area contributed by atoms with Gasteiger partial charge in [0.05, 0.1) is 5.39 Å². The van der Waals surface area contributed by atoms with Crippen molar-refractivity contribution in [3.63, 3.8) is 0 Å². The summed E-state index contributed by atoms with van der Waals surface area (Å²) >= 11 is 4.27. The fourth-order valence-electron chi connectivity index (χ4n) is 1.40. The summed E-state index contributed by atoms with van der Waals surface area (Å²) in [5.41, 5.74) is 0. The van der Waals surface area contributed by atoms with E-state index < -0.39 is 0 Å². The molecule has 2 aromatic carbocycles. The predicted octanol–water partition coefficient (Wildman–Crippen LogP) is 3.46. The monoisotopic (exact) mass is 412 g/mol. The van der Waals surface area contributed by atoms with E-state index in [9.17, 15) is 10.2 Å². The van der Waals surface area contributed by atoms with Gasteiger partial charge in [0.1, 0.15) is 11.5 Å². The second-order valence-electron chi connectivity index (χ2n) is 2.95. The maximum absolute atomic E-state index is 9.66. The smallest absolute Gasteiger partial charge is 0.128 e. The zero-order valence-corrected chi connectivity index (χ0v) is 11.3. The number of halogens is 2. The minimum Gasteiger partial charge on any atom is -0.507 e. The van der Waals surface area contributed by atoms with Crippen LogP contribution in [0.25, 0.3) is 10.8 Å². The Morgan fingerprint density at radius 1 is 0.786 bits per heavy atom. The van der Waals surface area contributed by atoms with Crippen LogP contribution in [0.2, 0.25) is 0 Å². The van der Waals surface area contributed by atoms with Crippen LogP contribution in [0.5, 0.6) is 11.5 Å². The lowest BCUT2D eigenvalue weighted by Gasteiger charge is -2.05. The normalized spacial score (nSPS) is 10.7. The molecule has 0 spiro atoms. The van der Waals surface area contributed by atoms with Crippen molar-refractivity contribution in [1.29, 1.82) is 0 Å². The predicted molar refractivity (Wildman–Crippen MR) is 72.7 cm³/mol. The number of phenols is 2. The average molecular weight is 412 g/mol. The summed E-state index contributed by atoms with van der Waals surface area (Å²) in [4.78, 5) is 0. The third kappa shape index (κ3) is 1.77. The van der Waals surface area contributed by atoms with Crippen molar-refractivity contribution in [1.82, 2.24) is 0 Å². The summed E-state index contributed by atoms with van der Waals surface area (Å²) in [5.74, 6) is 0.251. The molecule has 0 atom stereocenters. The summed E-state index contributed by atoms with van der Waals surface area (Å²) in [6, 6.07) is 7.12. The van der Waals surface area contributed by atoms with E-state index in [0.717, 1.165) is 12.5 Å². The number of fused-ring (bicyclic) bond motifs is 1. The Balaban J connectivity index is 2.94. The molecule has 0 fully saturated rings. The van der Waals surface area contributed by atoms with E-state index in [-0.39, 0.29) is 11.5 Å². The van der Waals surface area contributed by atoms with Gasteiger partial charge in [-0.15, -0.1) is 0 Å². The molecular formula is C10H6I2O2. The van der Waals surface area contributed by atoms with Crippen LogP contribution in [-0.4, -0.2) is 10.2 Å². The first-order valence-electron chi connectivity index (χ1n) is 3.88. The molecule has 0 saturated heterocycles. The topological polar surface area (TPSA) is 40.5 Å². The quantitative estimate of drug-likeness (QED) is 0.652.